The van der Waals surface area contributed by atoms with E-state index in [-0.39, 0.29) is 6.04 Å². The summed E-state index contributed by atoms with van der Waals surface area (Å²) in [5.74, 6) is 1.07. The number of fused-ring (bicyclic) bond motifs is 1. The van der Waals surface area contributed by atoms with Gasteiger partial charge in [-0.15, -0.1) is 10.2 Å². The number of aromatic amines is 1. The first-order valence-corrected chi connectivity index (χ1v) is 7.56. The van der Waals surface area contributed by atoms with Crippen molar-refractivity contribution in [2.75, 3.05) is 0 Å². The number of rotatable bonds is 2. The summed E-state index contributed by atoms with van der Waals surface area (Å²) in [4.78, 5) is 7.59. The van der Waals surface area contributed by atoms with Gasteiger partial charge in [0.1, 0.15) is 6.33 Å². The zero-order chi connectivity index (χ0) is 13.4. The molecule has 0 aromatic carbocycles. The number of aromatic nitrogens is 5. The molecule has 1 unspecified atom stereocenters. The van der Waals surface area contributed by atoms with Crippen molar-refractivity contribution in [1.82, 2.24) is 30.0 Å². The van der Waals surface area contributed by atoms with Crippen molar-refractivity contribution in [3.8, 4) is 0 Å². The molecule has 0 radical (unpaired) electrons. The fraction of sp³-hybridized carbons (Fsp3) is 0.643. The second-order valence-corrected chi connectivity index (χ2v) is 5.85. The lowest BCUT2D eigenvalue weighted by atomic mass is 9.95. The van der Waals surface area contributed by atoms with Crippen molar-refractivity contribution in [1.29, 1.82) is 0 Å². The van der Waals surface area contributed by atoms with E-state index in [1.54, 1.807) is 6.33 Å². The molecule has 2 N–H and O–H groups in total. The third kappa shape index (κ3) is 2.04. The van der Waals surface area contributed by atoms with Crippen LogP contribution in [0.25, 0.3) is 0 Å². The van der Waals surface area contributed by atoms with Crippen molar-refractivity contribution in [2.24, 2.45) is 0 Å². The van der Waals surface area contributed by atoms with E-state index in [0.29, 0.717) is 6.04 Å². The van der Waals surface area contributed by atoms with E-state index in [1.807, 2.05) is 6.33 Å². The Morgan fingerprint density at radius 3 is 3.00 bits per heavy atom. The topological polar surface area (TPSA) is 71.4 Å². The molecule has 0 spiro atoms. The van der Waals surface area contributed by atoms with Crippen LogP contribution < -0.4 is 5.32 Å². The van der Waals surface area contributed by atoms with Crippen LogP contribution in [0.1, 0.15) is 61.4 Å². The normalized spacial score (nSPS) is 23.7. The Morgan fingerprint density at radius 1 is 1.20 bits per heavy atom. The van der Waals surface area contributed by atoms with Crippen LogP contribution >= 0.6 is 0 Å². The Morgan fingerprint density at radius 2 is 2.10 bits per heavy atom. The average molecular weight is 272 g/mol. The lowest BCUT2D eigenvalue weighted by Gasteiger charge is -2.28. The molecule has 2 aromatic rings. The van der Waals surface area contributed by atoms with Crippen LogP contribution in [0.3, 0.4) is 0 Å². The molecule has 4 rings (SSSR count). The molecule has 106 valence electrons. The van der Waals surface area contributed by atoms with Gasteiger partial charge in [-0.05, 0) is 12.8 Å². The van der Waals surface area contributed by atoms with Gasteiger partial charge in [0.05, 0.1) is 23.8 Å². The third-order valence-electron chi connectivity index (χ3n) is 4.61. The SMILES string of the molecule is c1nc2c([nH]1)CNC(c1nncn1C1CCCCC1)C2. The van der Waals surface area contributed by atoms with Crippen LogP contribution in [0.15, 0.2) is 12.7 Å². The summed E-state index contributed by atoms with van der Waals surface area (Å²) in [6.45, 7) is 0.831. The lowest BCUT2D eigenvalue weighted by molar-refractivity contribution is 0.330. The first kappa shape index (κ1) is 12.1. The Labute approximate surface area is 118 Å². The van der Waals surface area contributed by atoms with E-state index in [1.165, 1.54) is 37.8 Å². The van der Waals surface area contributed by atoms with Gasteiger partial charge < -0.3 is 14.9 Å². The molecule has 1 aliphatic heterocycles. The first-order chi connectivity index (χ1) is 9.92. The fourth-order valence-corrected chi connectivity index (χ4v) is 3.49. The summed E-state index contributed by atoms with van der Waals surface area (Å²) in [7, 11) is 0. The summed E-state index contributed by atoms with van der Waals surface area (Å²) < 4.78 is 2.30. The van der Waals surface area contributed by atoms with Crippen molar-refractivity contribution in [3.63, 3.8) is 0 Å². The monoisotopic (exact) mass is 272 g/mol. The molecular formula is C14H20N6. The van der Waals surface area contributed by atoms with Crippen LogP contribution in [0.5, 0.6) is 0 Å². The number of hydrogen-bond acceptors (Lipinski definition) is 4. The highest BCUT2D eigenvalue weighted by Crippen LogP contribution is 2.31. The highest BCUT2D eigenvalue weighted by molar-refractivity contribution is 5.18. The minimum atomic E-state index is 0.232. The summed E-state index contributed by atoms with van der Waals surface area (Å²) in [6.07, 6.45) is 11.1. The molecule has 2 aromatic heterocycles. The van der Waals surface area contributed by atoms with Crippen LogP contribution in [0, 0.1) is 0 Å². The van der Waals surface area contributed by atoms with Crippen molar-refractivity contribution in [2.45, 2.75) is 57.2 Å². The molecule has 1 fully saturated rings. The van der Waals surface area contributed by atoms with Crippen LogP contribution in [-0.2, 0) is 13.0 Å². The zero-order valence-electron chi connectivity index (χ0n) is 11.5. The van der Waals surface area contributed by atoms with Crippen molar-refractivity contribution < 1.29 is 0 Å². The zero-order valence-corrected chi connectivity index (χ0v) is 11.5. The fourth-order valence-electron chi connectivity index (χ4n) is 3.49. The number of nitrogens with zero attached hydrogens (tertiary/aromatic N) is 4. The number of imidazole rings is 1. The molecule has 20 heavy (non-hydrogen) atoms. The second-order valence-electron chi connectivity index (χ2n) is 5.85. The van der Waals surface area contributed by atoms with E-state index in [0.717, 1.165) is 24.5 Å². The first-order valence-electron chi connectivity index (χ1n) is 7.56. The Balaban J connectivity index is 1.59. The summed E-state index contributed by atoms with van der Waals surface area (Å²) >= 11 is 0. The Bertz CT molecular complexity index is 580. The maximum Gasteiger partial charge on any atom is 0.150 e. The van der Waals surface area contributed by atoms with Crippen molar-refractivity contribution in [3.05, 3.63) is 29.9 Å². The highest BCUT2D eigenvalue weighted by atomic mass is 15.3. The molecular weight excluding hydrogens is 252 g/mol. The molecule has 3 heterocycles. The second kappa shape index (κ2) is 5.01. The van der Waals surface area contributed by atoms with Crippen molar-refractivity contribution >= 4 is 0 Å². The average Bonchev–Trinajstić information content (AvgIpc) is 3.16. The quantitative estimate of drug-likeness (QED) is 0.876. The van der Waals surface area contributed by atoms with Gasteiger partial charge >= 0.3 is 0 Å². The molecule has 6 heteroatoms. The molecule has 0 amide bonds. The van der Waals surface area contributed by atoms with E-state index >= 15 is 0 Å². The Hall–Kier alpha value is -1.69. The molecule has 0 bridgehead atoms. The standard InChI is InChI=1S/C14H20N6/c1-2-4-10(5-3-1)20-9-18-19-14(20)12-6-11-13(7-15-12)17-8-16-11/h8-10,12,15H,1-7H2,(H,16,17). The minimum Gasteiger partial charge on any atom is -0.347 e. The summed E-state index contributed by atoms with van der Waals surface area (Å²) in [6, 6.07) is 0.811. The maximum absolute atomic E-state index is 4.41. The Kier molecular flexibility index (Phi) is 3.03. The van der Waals surface area contributed by atoms with Crippen LogP contribution in [-0.4, -0.2) is 24.7 Å². The predicted molar refractivity (Wildman–Crippen MR) is 74.0 cm³/mol. The van der Waals surface area contributed by atoms with Gasteiger partial charge in [-0.2, -0.15) is 0 Å². The summed E-state index contributed by atoms with van der Waals surface area (Å²) in [5, 5.41) is 12.1. The van der Waals surface area contributed by atoms with Crippen LogP contribution in [0.2, 0.25) is 0 Å². The number of H-pyrrole nitrogens is 1. The molecule has 6 nitrogen and oxygen atoms in total. The van der Waals surface area contributed by atoms with Gasteiger partial charge in [-0.3, -0.25) is 0 Å². The molecule has 1 saturated carbocycles. The molecule has 1 aliphatic carbocycles. The van der Waals surface area contributed by atoms with Gasteiger partial charge in [0.15, 0.2) is 5.82 Å². The van der Waals surface area contributed by atoms with E-state index in [4.69, 9.17) is 0 Å². The van der Waals surface area contributed by atoms with E-state index in [9.17, 15) is 0 Å². The van der Waals surface area contributed by atoms with Gasteiger partial charge in [-0.25, -0.2) is 4.98 Å². The van der Waals surface area contributed by atoms with Gasteiger partial charge in [0.25, 0.3) is 0 Å². The van der Waals surface area contributed by atoms with E-state index in [2.05, 4.69) is 30.0 Å². The number of nitrogens with one attached hydrogen (secondary N) is 2. The maximum atomic E-state index is 4.41. The van der Waals surface area contributed by atoms with Gasteiger partial charge in [0.2, 0.25) is 0 Å². The highest BCUT2D eigenvalue weighted by Gasteiger charge is 2.27. The molecule has 1 atom stereocenters. The summed E-state index contributed by atoms with van der Waals surface area (Å²) in [5.41, 5.74) is 2.36. The third-order valence-corrected chi connectivity index (χ3v) is 4.61. The molecule has 0 saturated heterocycles. The lowest BCUT2D eigenvalue weighted by Crippen LogP contribution is -2.31. The predicted octanol–water partition coefficient (Wildman–Crippen LogP) is 1.89. The van der Waals surface area contributed by atoms with Gasteiger partial charge in [-0.1, -0.05) is 19.3 Å². The largest absolute Gasteiger partial charge is 0.347 e. The number of hydrogen-bond donors (Lipinski definition) is 2. The minimum absolute atomic E-state index is 0.232. The van der Waals surface area contributed by atoms with Crippen LogP contribution in [0.4, 0.5) is 0 Å². The van der Waals surface area contributed by atoms with E-state index < -0.39 is 0 Å². The smallest absolute Gasteiger partial charge is 0.150 e. The molecule has 2 aliphatic rings. The van der Waals surface area contributed by atoms with Gasteiger partial charge in [0, 0.05) is 19.0 Å².